The minimum Gasteiger partial charge on any atom is -0.496 e. The van der Waals surface area contributed by atoms with Gasteiger partial charge in [0, 0.05) is 5.56 Å². The van der Waals surface area contributed by atoms with Crippen molar-refractivity contribution < 1.29 is 14.6 Å². The predicted octanol–water partition coefficient (Wildman–Crippen LogP) is 4.78. The zero-order chi connectivity index (χ0) is 23.5. The van der Waals surface area contributed by atoms with E-state index in [1.54, 1.807) is 30.1 Å². The maximum atomic E-state index is 11.9. The number of benzene rings is 3. The highest BCUT2D eigenvalue weighted by Gasteiger charge is 2.16. The second-order valence-electron chi connectivity index (χ2n) is 8.47. The molecule has 5 rings (SSSR count). The van der Waals surface area contributed by atoms with Gasteiger partial charge >= 0.3 is 5.97 Å². The van der Waals surface area contributed by atoms with Gasteiger partial charge < -0.3 is 15.2 Å². The topological polar surface area (TPSA) is 89.3 Å². The molecule has 0 aliphatic carbocycles. The second-order valence-corrected chi connectivity index (χ2v) is 8.47. The maximum absolute atomic E-state index is 11.9. The van der Waals surface area contributed by atoms with Crippen LogP contribution in [0.4, 0.5) is 0 Å². The number of aromatic nitrogens is 3. The highest BCUT2D eigenvalue weighted by molar-refractivity contribution is 5.90. The van der Waals surface area contributed by atoms with E-state index in [0.29, 0.717) is 23.0 Å². The van der Waals surface area contributed by atoms with E-state index in [-0.39, 0.29) is 5.56 Å². The summed E-state index contributed by atoms with van der Waals surface area (Å²) >= 11 is 0. The quantitative estimate of drug-likeness (QED) is 0.436. The van der Waals surface area contributed by atoms with Gasteiger partial charge in [-0.3, -0.25) is 0 Å². The van der Waals surface area contributed by atoms with Gasteiger partial charge in [-0.1, -0.05) is 41.6 Å². The van der Waals surface area contributed by atoms with Crippen LogP contribution in [-0.2, 0) is 0 Å². The molecule has 4 aromatic rings. The molecule has 1 aromatic heterocycles. The Morgan fingerprint density at radius 2 is 1.79 bits per heavy atom. The Morgan fingerprint density at radius 1 is 1.03 bits per heavy atom. The van der Waals surface area contributed by atoms with E-state index >= 15 is 0 Å². The molecule has 1 aliphatic heterocycles. The number of hydrogen-bond acceptors (Lipinski definition) is 5. The summed E-state index contributed by atoms with van der Waals surface area (Å²) in [6.45, 7) is 2.09. The van der Waals surface area contributed by atoms with Gasteiger partial charge in [-0.15, -0.1) is 5.10 Å². The Bertz CT molecular complexity index is 1310. The summed E-state index contributed by atoms with van der Waals surface area (Å²) in [6, 6.07) is 21.3. The zero-order valence-electron chi connectivity index (χ0n) is 18.9. The SMILES string of the molecule is COc1ccccc1-c1cn(-c2cc(C(=O)O)cc(-c3ccc(C4CCNCC4)cc3)c2)nn1. The number of para-hydroxylation sites is 1. The molecule has 0 atom stereocenters. The minimum atomic E-state index is -0.987. The lowest BCUT2D eigenvalue weighted by Gasteiger charge is -2.23. The summed E-state index contributed by atoms with van der Waals surface area (Å²) in [5.74, 6) is 0.280. The molecule has 0 saturated carbocycles. The van der Waals surface area contributed by atoms with Gasteiger partial charge in [-0.05, 0) is 78.9 Å². The summed E-state index contributed by atoms with van der Waals surface area (Å²) in [7, 11) is 1.61. The van der Waals surface area contributed by atoms with E-state index in [4.69, 9.17) is 4.74 Å². The smallest absolute Gasteiger partial charge is 0.335 e. The molecule has 2 heterocycles. The van der Waals surface area contributed by atoms with E-state index in [2.05, 4.69) is 39.9 Å². The van der Waals surface area contributed by atoms with Crippen molar-refractivity contribution in [3.63, 3.8) is 0 Å². The second kappa shape index (κ2) is 9.49. The van der Waals surface area contributed by atoms with Crippen molar-refractivity contribution >= 4 is 5.97 Å². The van der Waals surface area contributed by atoms with E-state index in [9.17, 15) is 9.90 Å². The highest BCUT2D eigenvalue weighted by atomic mass is 16.5. The Balaban J connectivity index is 1.49. The molecule has 0 amide bonds. The van der Waals surface area contributed by atoms with E-state index in [1.165, 1.54) is 5.56 Å². The number of nitrogens with one attached hydrogen (secondary N) is 1. The van der Waals surface area contributed by atoms with Gasteiger partial charge in [0.25, 0.3) is 0 Å². The number of aromatic carboxylic acids is 1. The van der Waals surface area contributed by atoms with Crippen LogP contribution in [0.2, 0.25) is 0 Å². The summed E-state index contributed by atoms with van der Waals surface area (Å²) in [4.78, 5) is 11.9. The van der Waals surface area contributed by atoms with Crippen molar-refractivity contribution in [3.8, 4) is 33.8 Å². The lowest BCUT2D eigenvalue weighted by molar-refractivity contribution is 0.0697. The Labute approximate surface area is 198 Å². The Hall–Kier alpha value is -3.97. The monoisotopic (exact) mass is 454 g/mol. The Kier molecular flexibility index (Phi) is 6.10. The van der Waals surface area contributed by atoms with Gasteiger partial charge in [0.1, 0.15) is 11.4 Å². The first kappa shape index (κ1) is 21.9. The number of piperidine rings is 1. The van der Waals surface area contributed by atoms with Gasteiger partial charge in [0.2, 0.25) is 0 Å². The standard InChI is InChI=1S/C27H26N4O3/c1-34-26-5-3-2-4-24(26)25-17-31(30-29-25)23-15-21(14-22(16-23)27(32)33)19-8-6-18(7-9-19)20-10-12-28-13-11-20/h2-9,14-17,20,28H,10-13H2,1H3,(H,32,33). The van der Waals surface area contributed by atoms with Crippen molar-refractivity contribution in [1.82, 2.24) is 20.3 Å². The third-order valence-corrected chi connectivity index (χ3v) is 6.36. The first-order valence-corrected chi connectivity index (χ1v) is 11.4. The van der Waals surface area contributed by atoms with E-state index in [1.807, 2.05) is 30.3 Å². The molecular formula is C27H26N4O3. The molecule has 7 heteroatoms. The first-order chi connectivity index (χ1) is 16.6. The van der Waals surface area contributed by atoms with E-state index < -0.39 is 5.97 Å². The predicted molar refractivity (Wildman–Crippen MR) is 131 cm³/mol. The molecular weight excluding hydrogens is 428 g/mol. The summed E-state index contributed by atoms with van der Waals surface area (Å²) in [5, 5.41) is 21.7. The van der Waals surface area contributed by atoms with Crippen molar-refractivity contribution in [3.05, 3.63) is 84.1 Å². The van der Waals surface area contributed by atoms with Gasteiger partial charge in [-0.2, -0.15) is 0 Å². The lowest BCUT2D eigenvalue weighted by Crippen LogP contribution is -2.26. The molecule has 0 bridgehead atoms. The third kappa shape index (κ3) is 4.43. The molecule has 172 valence electrons. The van der Waals surface area contributed by atoms with Gasteiger partial charge in [0.05, 0.1) is 24.6 Å². The number of carboxylic acid groups (broad SMARTS) is 1. The number of hydrogen-bond donors (Lipinski definition) is 2. The van der Waals surface area contributed by atoms with Crippen LogP contribution in [0.3, 0.4) is 0 Å². The first-order valence-electron chi connectivity index (χ1n) is 11.4. The summed E-state index contributed by atoms with van der Waals surface area (Å²) in [6.07, 6.45) is 4.06. The fourth-order valence-corrected chi connectivity index (χ4v) is 4.51. The molecule has 2 N–H and O–H groups in total. The molecule has 1 saturated heterocycles. The van der Waals surface area contributed by atoms with Crippen molar-refractivity contribution in [1.29, 1.82) is 0 Å². The summed E-state index contributed by atoms with van der Waals surface area (Å²) < 4.78 is 7.04. The van der Waals surface area contributed by atoms with Gasteiger partial charge in [-0.25, -0.2) is 9.48 Å². The summed E-state index contributed by atoms with van der Waals surface area (Å²) in [5.41, 5.74) is 5.41. The molecule has 34 heavy (non-hydrogen) atoms. The molecule has 3 aromatic carbocycles. The van der Waals surface area contributed by atoms with Crippen LogP contribution in [0, 0.1) is 0 Å². The third-order valence-electron chi connectivity index (χ3n) is 6.36. The average Bonchev–Trinajstić information content (AvgIpc) is 3.39. The number of ether oxygens (including phenoxy) is 1. The number of methoxy groups -OCH3 is 1. The number of rotatable bonds is 6. The number of carboxylic acids is 1. The Morgan fingerprint density at radius 3 is 2.53 bits per heavy atom. The van der Waals surface area contributed by atoms with Crippen LogP contribution in [0.1, 0.15) is 34.7 Å². The maximum Gasteiger partial charge on any atom is 0.335 e. The van der Waals surface area contributed by atoms with Crippen LogP contribution in [0.25, 0.3) is 28.1 Å². The minimum absolute atomic E-state index is 0.198. The molecule has 0 unspecified atom stereocenters. The van der Waals surface area contributed by atoms with Crippen LogP contribution < -0.4 is 10.1 Å². The number of nitrogens with zero attached hydrogens (tertiary/aromatic N) is 3. The van der Waals surface area contributed by atoms with Crippen molar-refractivity contribution in [2.45, 2.75) is 18.8 Å². The van der Waals surface area contributed by atoms with Crippen LogP contribution in [0.5, 0.6) is 5.75 Å². The van der Waals surface area contributed by atoms with Crippen molar-refractivity contribution in [2.24, 2.45) is 0 Å². The van der Waals surface area contributed by atoms with Crippen LogP contribution in [0.15, 0.2) is 72.9 Å². The molecule has 1 fully saturated rings. The van der Waals surface area contributed by atoms with Crippen molar-refractivity contribution in [2.75, 3.05) is 20.2 Å². The van der Waals surface area contributed by atoms with Gasteiger partial charge in [0.15, 0.2) is 0 Å². The molecule has 1 aliphatic rings. The average molecular weight is 455 g/mol. The molecule has 7 nitrogen and oxygen atoms in total. The normalized spacial score (nSPS) is 14.1. The van der Waals surface area contributed by atoms with Crippen LogP contribution >= 0.6 is 0 Å². The fraction of sp³-hybridized carbons (Fsp3) is 0.222. The van der Waals surface area contributed by atoms with Crippen LogP contribution in [-0.4, -0.2) is 46.3 Å². The van der Waals surface area contributed by atoms with E-state index in [0.717, 1.165) is 42.6 Å². The lowest BCUT2D eigenvalue weighted by atomic mass is 9.89. The molecule has 0 radical (unpaired) electrons. The fourth-order valence-electron chi connectivity index (χ4n) is 4.51. The highest BCUT2D eigenvalue weighted by Crippen LogP contribution is 2.31. The molecule has 0 spiro atoms. The zero-order valence-corrected chi connectivity index (χ0v) is 18.9. The number of carbonyl (C=O) groups is 1. The largest absolute Gasteiger partial charge is 0.496 e.